The largest absolute Gasteiger partial charge is 0.496 e. The Labute approximate surface area is 173 Å². The molecular formula is C20H28IN3O2. The van der Waals surface area contributed by atoms with Crippen molar-refractivity contribution in [3.8, 4) is 5.75 Å². The standard InChI is InChI=1S/C20H27N3O2.HI/c1-21-20(22-14-19(25-4)16-10-6-5-7-11-16)23(2)15-17-12-8-9-13-18(17)24-3;/h5-13,19H,14-15H2,1-4H3,(H,21,22);1H. The van der Waals surface area contributed by atoms with Crippen LogP contribution < -0.4 is 10.1 Å². The first-order valence-corrected chi connectivity index (χ1v) is 8.31. The van der Waals surface area contributed by atoms with Crippen molar-refractivity contribution in [1.29, 1.82) is 0 Å². The van der Waals surface area contributed by atoms with Gasteiger partial charge in [-0.05, 0) is 11.6 Å². The number of methoxy groups -OCH3 is 2. The van der Waals surface area contributed by atoms with E-state index in [0.717, 1.165) is 22.8 Å². The Morgan fingerprint density at radius 2 is 1.73 bits per heavy atom. The van der Waals surface area contributed by atoms with Crippen molar-refractivity contribution in [3.63, 3.8) is 0 Å². The molecule has 26 heavy (non-hydrogen) atoms. The Balaban J connectivity index is 0.00000338. The number of ether oxygens (including phenoxy) is 2. The maximum atomic E-state index is 5.61. The summed E-state index contributed by atoms with van der Waals surface area (Å²) < 4.78 is 11.0. The maximum absolute atomic E-state index is 5.61. The normalized spacial score (nSPS) is 12.1. The molecule has 0 heterocycles. The minimum absolute atomic E-state index is 0. The predicted molar refractivity (Wildman–Crippen MR) is 117 cm³/mol. The van der Waals surface area contributed by atoms with Crippen molar-refractivity contribution in [3.05, 3.63) is 65.7 Å². The van der Waals surface area contributed by atoms with Crippen LogP contribution in [-0.4, -0.2) is 45.7 Å². The molecule has 0 saturated heterocycles. The van der Waals surface area contributed by atoms with Crippen molar-refractivity contribution in [2.24, 2.45) is 4.99 Å². The van der Waals surface area contributed by atoms with Crippen LogP contribution in [0.5, 0.6) is 5.75 Å². The molecule has 0 spiro atoms. The second-order valence-corrected chi connectivity index (χ2v) is 5.73. The fourth-order valence-electron chi connectivity index (χ4n) is 2.74. The molecule has 0 bridgehead atoms. The number of halogens is 1. The van der Waals surface area contributed by atoms with Gasteiger partial charge in [0.2, 0.25) is 0 Å². The van der Waals surface area contributed by atoms with Gasteiger partial charge in [-0.3, -0.25) is 4.99 Å². The van der Waals surface area contributed by atoms with Gasteiger partial charge in [0.1, 0.15) is 5.75 Å². The summed E-state index contributed by atoms with van der Waals surface area (Å²) in [5, 5.41) is 3.39. The van der Waals surface area contributed by atoms with Crippen LogP contribution >= 0.6 is 24.0 Å². The van der Waals surface area contributed by atoms with Crippen LogP contribution in [0.15, 0.2) is 59.6 Å². The van der Waals surface area contributed by atoms with Crippen molar-refractivity contribution < 1.29 is 9.47 Å². The molecule has 2 aromatic carbocycles. The SMILES string of the molecule is CN=C(NCC(OC)c1ccccc1)N(C)Cc1ccccc1OC.I. The van der Waals surface area contributed by atoms with Crippen LogP contribution in [0.1, 0.15) is 17.2 Å². The number of nitrogens with one attached hydrogen (secondary N) is 1. The van der Waals surface area contributed by atoms with E-state index in [1.165, 1.54) is 0 Å². The molecular weight excluding hydrogens is 441 g/mol. The summed E-state index contributed by atoms with van der Waals surface area (Å²) in [5.41, 5.74) is 2.25. The van der Waals surface area contributed by atoms with Crippen LogP contribution in [0.3, 0.4) is 0 Å². The van der Waals surface area contributed by atoms with E-state index in [9.17, 15) is 0 Å². The molecule has 5 nitrogen and oxygen atoms in total. The monoisotopic (exact) mass is 469 g/mol. The number of guanidine groups is 1. The lowest BCUT2D eigenvalue weighted by molar-refractivity contribution is 0.106. The summed E-state index contributed by atoms with van der Waals surface area (Å²) in [5.74, 6) is 1.69. The van der Waals surface area contributed by atoms with Gasteiger partial charge in [-0.2, -0.15) is 0 Å². The average Bonchev–Trinajstić information content (AvgIpc) is 2.66. The van der Waals surface area contributed by atoms with E-state index in [1.807, 2.05) is 43.4 Å². The van der Waals surface area contributed by atoms with Crippen molar-refractivity contribution in [2.45, 2.75) is 12.6 Å². The molecule has 0 radical (unpaired) electrons. The lowest BCUT2D eigenvalue weighted by Crippen LogP contribution is -2.40. The van der Waals surface area contributed by atoms with Gasteiger partial charge >= 0.3 is 0 Å². The van der Waals surface area contributed by atoms with Gasteiger partial charge in [-0.25, -0.2) is 0 Å². The van der Waals surface area contributed by atoms with Crippen LogP contribution in [0.25, 0.3) is 0 Å². The number of aliphatic imine (C=N–C) groups is 1. The van der Waals surface area contributed by atoms with E-state index in [-0.39, 0.29) is 30.1 Å². The average molecular weight is 469 g/mol. The number of nitrogens with zero attached hydrogens (tertiary/aromatic N) is 2. The van der Waals surface area contributed by atoms with Crippen molar-refractivity contribution in [2.75, 3.05) is 34.9 Å². The number of hydrogen-bond donors (Lipinski definition) is 1. The Hall–Kier alpha value is -1.80. The molecule has 142 valence electrons. The van der Waals surface area contributed by atoms with Crippen molar-refractivity contribution in [1.82, 2.24) is 10.2 Å². The summed E-state index contributed by atoms with van der Waals surface area (Å²) in [7, 11) is 7.20. The first-order valence-electron chi connectivity index (χ1n) is 8.31. The quantitative estimate of drug-likeness (QED) is 0.382. The molecule has 0 aliphatic rings. The first-order chi connectivity index (χ1) is 12.2. The number of hydrogen-bond acceptors (Lipinski definition) is 3. The van der Waals surface area contributed by atoms with Gasteiger partial charge in [0.15, 0.2) is 5.96 Å². The highest BCUT2D eigenvalue weighted by Crippen LogP contribution is 2.19. The number of rotatable bonds is 7. The molecule has 1 atom stereocenters. The molecule has 1 unspecified atom stereocenters. The maximum Gasteiger partial charge on any atom is 0.193 e. The number of benzene rings is 2. The Bertz CT molecular complexity index is 680. The fraction of sp³-hybridized carbons (Fsp3) is 0.350. The molecule has 1 N–H and O–H groups in total. The molecule has 0 aromatic heterocycles. The van der Waals surface area contributed by atoms with Gasteiger partial charge in [0, 0.05) is 39.9 Å². The Morgan fingerprint density at radius 1 is 1.08 bits per heavy atom. The van der Waals surface area contributed by atoms with Gasteiger partial charge in [-0.15, -0.1) is 24.0 Å². The summed E-state index contributed by atoms with van der Waals surface area (Å²) in [6.07, 6.45) is -0.0300. The predicted octanol–water partition coefficient (Wildman–Crippen LogP) is 3.71. The van der Waals surface area contributed by atoms with E-state index in [4.69, 9.17) is 9.47 Å². The molecule has 0 amide bonds. The second kappa shape index (κ2) is 11.7. The zero-order valence-corrected chi connectivity index (χ0v) is 18.1. The minimum atomic E-state index is -0.0300. The van der Waals surface area contributed by atoms with Crippen LogP contribution in [0.4, 0.5) is 0 Å². The molecule has 2 rings (SSSR count). The molecule has 0 aliphatic heterocycles. The first kappa shape index (κ1) is 22.2. The lowest BCUT2D eigenvalue weighted by Gasteiger charge is -2.25. The topological polar surface area (TPSA) is 46.1 Å². The lowest BCUT2D eigenvalue weighted by atomic mass is 10.1. The molecule has 0 fully saturated rings. The summed E-state index contributed by atoms with van der Waals surface area (Å²) >= 11 is 0. The van der Waals surface area contributed by atoms with Crippen LogP contribution in [0.2, 0.25) is 0 Å². The van der Waals surface area contributed by atoms with E-state index >= 15 is 0 Å². The molecule has 6 heteroatoms. The van der Waals surface area contributed by atoms with Crippen molar-refractivity contribution >= 4 is 29.9 Å². The third-order valence-corrected chi connectivity index (χ3v) is 4.07. The fourth-order valence-corrected chi connectivity index (χ4v) is 2.74. The van der Waals surface area contributed by atoms with E-state index < -0.39 is 0 Å². The minimum Gasteiger partial charge on any atom is -0.496 e. The highest BCUT2D eigenvalue weighted by Gasteiger charge is 2.14. The van der Waals surface area contributed by atoms with Gasteiger partial charge in [0.25, 0.3) is 0 Å². The van der Waals surface area contributed by atoms with Crippen LogP contribution in [-0.2, 0) is 11.3 Å². The van der Waals surface area contributed by atoms with Crippen LogP contribution in [0, 0.1) is 0 Å². The molecule has 2 aromatic rings. The Kier molecular flexibility index (Phi) is 10.0. The summed E-state index contributed by atoms with van der Waals surface area (Å²) in [4.78, 5) is 6.44. The third-order valence-electron chi connectivity index (χ3n) is 4.07. The zero-order chi connectivity index (χ0) is 18.1. The van der Waals surface area contributed by atoms with Gasteiger partial charge in [0.05, 0.1) is 13.2 Å². The Morgan fingerprint density at radius 3 is 2.35 bits per heavy atom. The highest BCUT2D eigenvalue weighted by atomic mass is 127. The molecule has 0 saturated carbocycles. The van der Waals surface area contributed by atoms with E-state index in [1.54, 1.807) is 21.3 Å². The zero-order valence-electron chi connectivity index (χ0n) is 15.8. The van der Waals surface area contributed by atoms with E-state index in [0.29, 0.717) is 13.1 Å². The summed E-state index contributed by atoms with van der Waals surface area (Å²) in [6.45, 7) is 1.34. The summed E-state index contributed by atoms with van der Waals surface area (Å²) in [6, 6.07) is 18.2. The number of para-hydroxylation sites is 1. The smallest absolute Gasteiger partial charge is 0.193 e. The van der Waals surface area contributed by atoms with E-state index in [2.05, 4.69) is 33.4 Å². The third kappa shape index (κ3) is 6.17. The van der Waals surface area contributed by atoms with Gasteiger partial charge in [-0.1, -0.05) is 48.5 Å². The van der Waals surface area contributed by atoms with Gasteiger partial charge < -0.3 is 19.7 Å². The molecule has 0 aliphatic carbocycles. The highest BCUT2D eigenvalue weighted by molar-refractivity contribution is 14.0. The second-order valence-electron chi connectivity index (χ2n) is 5.73.